The number of nitrogens with zero attached hydrogens (tertiary/aromatic N) is 1. The number of carbonyl (C=O) groups excluding carboxylic acids is 1. The third-order valence-corrected chi connectivity index (χ3v) is 5.41. The highest BCUT2D eigenvalue weighted by molar-refractivity contribution is 5.73. The number of carbonyl (C=O) groups is 1. The summed E-state index contributed by atoms with van der Waals surface area (Å²) in [6.07, 6.45) is -0.0328. The lowest BCUT2D eigenvalue weighted by Gasteiger charge is -2.32. The Kier molecular flexibility index (Phi) is 4.66. The van der Waals surface area contributed by atoms with E-state index in [1.165, 1.54) is 0 Å². The molecule has 2 aliphatic rings. The Balaban J connectivity index is 1.80. The molecule has 1 fully saturated rings. The van der Waals surface area contributed by atoms with Crippen LogP contribution >= 0.6 is 0 Å². The number of fused-ring (bicyclic) bond motifs is 3. The van der Waals surface area contributed by atoms with E-state index >= 15 is 0 Å². The van der Waals surface area contributed by atoms with Gasteiger partial charge in [-0.25, -0.2) is 4.79 Å². The second-order valence-electron chi connectivity index (χ2n) is 6.71. The van der Waals surface area contributed by atoms with Crippen molar-refractivity contribution in [2.45, 2.75) is 18.6 Å². The average molecular weight is 385 g/mol. The highest BCUT2D eigenvalue weighted by Gasteiger charge is 2.46. The maximum absolute atomic E-state index is 12.5. The molecule has 0 aliphatic carbocycles. The van der Waals surface area contributed by atoms with E-state index in [0.717, 1.165) is 23.1 Å². The SMILES string of the molecule is COc1ccc([C@@H]2OC(=O)N3CCc4cc(OC)c(OC)cc4[C@@H]23)cc1OC. The number of cyclic esters (lactones) is 1. The quantitative estimate of drug-likeness (QED) is 0.785. The van der Waals surface area contributed by atoms with E-state index in [2.05, 4.69) is 0 Å². The lowest BCUT2D eigenvalue weighted by Crippen LogP contribution is -2.34. The predicted octanol–water partition coefficient (Wildman–Crippen LogP) is 3.51. The molecule has 0 saturated carbocycles. The summed E-state index contributed by atoms with van der Waals surface area (Å²) >= 11 is 0. The van der Waals surface area contributed by atoms with Crippen LogP contribution < -0.4 is 18.9 Å². The molecule has 2 heterocycles. The molecule has 1 amide bonds. The van der Waals surface area contributed by atoms with Crippen molar-refractivity contribution in [1.82, 2.24) is 4.90 Å². The Hall–Kier alpha value is -3.09. The molecule has 2 atom stereocenters. The summed E-state index contributed by atoms with van der Waals surface area (Å²) in [7, 11) is 6.40. The third-order valence-electron chi connectivity index (χ3n) is 5.41. The topological polar surface area (TPSA) is 66.5 Å². The van der Waals surface area contributed by atoms with Gasteiger partial charge in [0.15, 0.2) is 29.1 Å². The molecule has 2 aromatic carbocycles. The first-order valence-corrected chi connectivity index (χ1v) is 9.05. The first-order chi connectivity index (χ1) is 13.6. The van der Waals surface area contributed by atoms with Crippen molar-refractivity contribution in [1.29, 1.82) is 0 Å². The zero-order valence-corrected chi connectivity index (χ0v) is 16.4. The molecular formula is C21H23NO6. The van der Waals surface area contributed by atoms with Crippen molar-refractivity contribution < 1.29 is 28.5 Å². The van der Waals surface area contributed by atoms with Gasteiger partial charge in [-0.3, -0.25) is 4.90 Å². The van der Waals surface area contributed by atoms with Gasteiger partial charge in [0.1, 0.15) is 6.04 Å². The minimum Gasteiger partial charge on any atom is -0.493 e. The molecule has 0 aromatic heterocycles. The molecular weight excluding hydrogens is 362 g/mol. The van der Waals surface area contributed by atoms with Crippen molar-refractivity contribution in [2.75, 3.05) is 35.0 Å². The van der Waals surface area contributed by atoms with Crippen molar-refractivity contribution >= 4 is 6.09 Å². The van der Waals surface area contributed by atoms with Crippen LogP contribution in [0.2, 0.25) is 0 Å². The number of ether oxygens (including phenoxy) is 5. The molecule has 2 aliphatic heterocycles. The number of hydrogen-bond donors (Lipinski definition) is 0. The van der Waals surface area contributed by atoms with Gasteiger partial charge < -0.3 is 23.7 Å². The number of hydrogen-bond acceptors (Lipinski definition) is 6. The lowest BCUT2D eigenvalue weighted by atomic mass is 9.87. The van der Waals surface area contributed by atoms with Crippen LogP contribution in [0, 0.1) is 0 Å². The summed E-state index contributed by atoms with van der Waals surface area (Å²) in [5.74, 6) is 2.54. The van der Waals surface area contributed by atoms with Crippen LogP contribution in [0.15, 0.2) is 30.3 Å². The Morgan fingerprint density at radius 2 is 1.54 bits per heavy atom. The molecule has 2 aromatic rings. The zero-order valence-electron chi connectivity index (χ0n) is 16.4. The average Bonchev–Trinajstić information content (AvgIpc) is 3.08. The van der Waals surface area contributed by atoms with Gasteiger partial charge in [0.25, 0.3) is 0 Å². The number of amides is 1. The fourth-order valence-electron chi connectivity index (χ4n) is 4.03. The zero-order chi connectivity index (χ0) is 19.8. The van der Waals surface area contributed by atoms with Crippen molar-refractivity contribution in [3.63, 3.8) is 0 Å². The van der Waals surface area contributed by atoms with Gasteiger partial charge >= 0.3 is 6.09 Å². The van der Waals surface area contributed by atoms with Crippen LogP contribution in [-0.2, 0) is 11.2 Å². The van der Waals surface area contributed by atoms with Gasteiger partial charge in [-0.05, 0) is 47.4 Å². The number of benzene rings is 2. The third kappa shape index (κ3) is 2.78. The highest BCUT2D eigenvalue weighted by Crippen LogP contribution is 2.49. The fourth-order valence-corrected chi connectivity index (χ4v) is 4.03. The fraction of sp³-hybridized carbons (Fsp3) is 0.381. The lowest BCUT2D eigenvalue weighted by molar-refractivity contribution is 0.130. The predicted molar refractivity (Wildman–Crippen MR) is 101 cm³/mol. The van der Waals surface area contributed by atoms with E-state index in [0.29, 0.717) is 29.5 Å². The minimum atomic E-state index is -0.454. The Morgan fingerprint density at radius 1 is 0.893 bits per heavy atom. The van der Waals surface area contributed by atoms with E-state index in [-0.39, 0.29) is 12.1 Å². The van der Waals surface area contributed by atoms with Crippen molar-refractivity contribution in [2.24, 2.45) is 0 Å². The van der Waals surface area contributed by atoms with E-state index in [1.54, 1.807) is 33.3 Å². The molecule has 7 heteroatoms. The molecule has 0 unspecified atom stereocenters. The summed E-state index contributed by atoms with van der Waals surface area (Å²) in [5, 5.41) is 0. The van der Waals surface area contributed by atoms with E-state index in [1.807, 2.05) is 30.3 Å². The molecule has 148 valence electrons. The standard InChI is InChI=1S/C21H23NO6/c1-24-15-6-5-13(10-16(15)25-2)20-19-14-11-18(27-4)17(26-3)9-12(14)7-8-22(19)21(23)28-20/h5-6,9-11,19-20H,7-8H2,1-4H3/t19-,20-/m0/s1. The van der Waals surface area contributed by atoms with Gasteiger partial charge in [0, 0.05) is 6.54 Å². The highest BCUT2D eigenvalue weighted by atomic mass is 16.6. The van der Waals surface area contributed by atoms with Crippen LogP contribution in [0.4, 0.5) is 4.79 Å². The van der Waals surface area contributed by atoms with Crippen LogP contribution in [0.3, 0.4) is 0 Å². The number of methoxy groups -OCH3 is 4. The first-order valence-electron chi connectivity index (χ1n) is 9.05. The molecule has 28 heavy (non-hydrogen) atoms. The summed E-state index contributed by atoms with van der Waals surface area (Å²) in [5.41, 5.74) is 2.98. The van der Waals surface area contributed by atoms with E-state index in [4.69, 9.17) is 23.7 Å². The van der Waals surface area contributed by atoms with Crippen LogP contribution in [0.1, 0.15) is 28.8 Å². The smallest absolute Gasteiger partial charge is 0.411 e. The first kappa shape index (κ1) is 18.3. The summed E-state index contributed by atoms with van der Waals surface area (Å²) in [4.78, 5) is 14.3. The second kappa shape index (κ2) is 7.14. The molecule has 0 spiro atoms. The molecule has 0 bridgehead atoms. The van der Waals surface area contributed by atoms with Gasteiger partial charge in [-0.1, -0.05) is 6.07 Å². The Morgan fingerprint density at radius 3 is 2.21 bits per heavy atom. The molecule has 0 radical (unpaired) electrons. The van der Waals surface area contributed by atoms with Gasteiger partial charge in [-0.15, -0.1) is 0 Å². The second-order valence-corrected chi connectivity index (χ2v) is 6.71. The van der Waals surface area contributed by atoms with Gasteiger partial charge in [0.2, 0.25) is 0 Å². The monoisotopic (exact) mass is 385 g/mol. The summed E-state index contributed by atoms with van der Waals surface area (Å²) < 4.78 is 27.4. The largest absolute Gasteiger partial charge is 0.493 e. The van der Waals surface area contributed by atoms with Gasteiger partial charge in [0.05, 0.1) is 28.4 Å². The van der Waals surface area contributed by atoms with Crippen molar-refractivity contribution in [3.05, 3.63) is 47.0 Å². The molecule has 0 N–H and O–H groups in total. The Bertz CT molecular complexity index is 912. The van der Waals surface area contributed by atoms with Crippen LogP contribution in [0.25, 0.3) is 0 Å². The summed E-state index contributed by atoms with van der Waals surface area (Å²) in [6.45, 7) is 0.593. The Labute approximate surface area is 163 Å². The van der Waals surface area contributed by atoms with E-state index < -0.39 is 6.10 Å². The number of rotatable bonds is 5. The summed E-state index contributed by atoms with van der Waals surface area (Å²) in [6, 6.07) is 9.27. The van der Waals surface area contributed by atoms with Gasteiger partial charge in [-0.2, -0.15) is 0 Å². The van der Waals surface area contributed by atoms with Crippen LogP contribution in [0.5, 0.6) is 23.0 Å². The normalized spacial score (nSPS) is 20.1. The van der Waals surface area contributed by atoms with E-state index in [9.17, 15) is 4.79 Å². The molecule has 4 rings (SSSR count). The molecule has 7 nitrogen and oxygen atoms in total. The minimum absolute atomic E-state index is 0.242. The maximum atomic E-state index is 12.5. The molecule has 1 saturated heterocycles. The van der Waals surface area contributed by atoms with Crippen molar-refractivity contribution in [3.8, 4) is 23.0 Å². The van der Waals surface area contributed by atoms with Crippen LogP contribution in [-0.4, -0.2) is 46.0 Å². The maximum Gasteiger partial charge on any atom is 0.411 e.